The lowest BCUT2D eigenvalue weighted by atomic mass is 10.2. The normalized spacial score (nSPS) is 11.0. The van der Waals surface area contributed by atoms with Crippen molar-refractivity contribution in [2.45, 2.75) is 6.54 Å². The third kappa shape index (κ3) is 2.58. The van der Waals surface area contributed by atoms with Gasteiger partial charge in [0.25, 0.3) is 0 Å². The maximum Gasteiger partial charge on any atom is 0.307 e. The van der Waals surface area contributed by atoms with E-state index in [2.05, 4.69) is 38.9 Å². The van der Waals surface area contributed by atoms with E-state index in [4.69, 9.17) is 4.42 Å². The van der Waals surface area contributed by atoms with Gasteiger partial charge in [0, 0.05) is 24.0 Å². The number of fused-ring (bicyclic) bond motifs is 2. The van der Waals surface area contributed by atoms with Crippen LogP contribution >= 0.6 is 12.4 Å². The second-order valence-electron chi connectivity index (χ2n) is 5.74. The molecule has 0 N–H and O–H groups in total. The molecule has 5 nitrogen and oxygen atoms in total. The Morgan fingerprint density at radius 3 is 2.68 bits per heavy atom. The molecular weight excluding hydrogens is 336 g/mol. The van der Waals surface area contributed by atoms with Crippen molar-refractivity contribution in [3.63, 3.8) is 0 Å². The van der Waals surface area contributed by atoms with Crippen molar-refractivity contribution in [3.8, 4) is 6.01 Å². The van der Waals surface area contributed by atoms with Gasteiger partial charge in [0.15, 0.2) is 5.58 Å². The highest BCUT2D eigenvalue weighted by atomic mass is 35.5. The molecule has 5 rings (SSSR count). The Bertz CT molecular complexity index is 1110. The summed E-state index contributed by atoms with van der Waals surface area (Å²) < 4.78 is 10.0. The zero-order chi connectivity index (χ0) is 15.9. The Morgan fingerprint density at radius 1 is 1.00 bits per heavy atom. The van der Waals surface area contributed by atoms with Gasteiger partial charge in [0.05, 0.1) is 18.4 Å². The van der Waals surface area contributed by atoms with Gasteiger partial charge in [0.1, 0.15) is 5.52 Å². The standard InChI is InChI=1S/C19H14N4O.ClH/c1-3-7-17-15(5-1)14(11-22-10-9-20-13-22)12-23(17)19-21-16-6-2-4-8-18(16)24-19;/h1-10,12-13H,11H2;1H. The number of hydrogen-bond donors (Lipinski definition) is 0. The van der Waals surface area contributed by atoms with E-state index in [0.717, 1.165) is 23.2 Å². The van der Waals surface area contributed by atoms with Crippen molar-refractivity contribution in [1.82, 2.24) is 19.1 Å². The second-order valence-corrected chi connectivity index (χ2v) is 5.74. The highest BCUT2D eigenvalue weighted by Gasteiger charge is 2.14. The van der Waals surface area contributed by atoms with E-state index in [0.29, 0.717) is 6.01 Å². The molecule has 3 heterocycles. The highest BCUT2D eigenvalue weighted by Crippen LogP contribution is 2.27. The molecular formula is C19H15ClN4O. The molecule has 0 amide bonds. The van der Waals surface area contributed by atoms with Gasteiger partial charge in [0.2, 0.25) is 0 Å². The molecule has 0 aliphatic heterocycles. The van der Waals surface area contributed by atoms with Crippen LogP contribution in [0.15, 0.2) is 77.9 Å². The molecule has 3 aromatic heterocycles. The predicted molar refractivity (Wildman–Crippen MR) is 99.4 cm³/mol. The zero-order valence-electron chi connectivity index (χ0n) is 13.2. The summed E-state index contributed by atoms with van der Waals surface area (Å²) in [7, 11) is 0. The molecule has 25 heavy (non-hydrogen) atoms. The van der Waals surface area contributed by atoms with Crippen molar-refractivity contribution in [2.75, 3.05) is 0 Å². The molecule has 0 bridgehead atoms. The third-order valence-corrected chi connectivity index (χ3v) is 4.20. The van der Waals surface area contributed by atoms with E-state index < -0.39 is 0 Å². The van der Waals surface area contributed by atoms with Gasteiger partial charge >= 0.3 is 6.01 Å². The Morgan fingerprint density at radius 2 is 1.84 bits per heavy atom. The number of rotatable bonds is 3. The summed E-state index contributed by atoms with van der Waals surface area (Å²) in [6, 6.07) is 16.7. The third-order valence-electron chi connectivity index (χ3n) is 4.20. The van der Waals surface area contributed by atoms with Crippen molar-refractivity contribution in [2.24, 2.45) is 0 Å². The number of imidazole rings is 1. The largest absolute Gasteiger partial charge is 0.423 e. The van der Waals surface area contributed by atoms with Crippen molar-refractivity contribution in [1.29, 1.82) is 0 Å². The minimum Gasteiger partial charge on any atom is -0.423 e. The first-order chi connectivity index (χ1) is 11.9. The van der Waals surface area contributed by atoms with Crippen LogP contribution in [0.4, 0.5) is 0 Å². The average Bonchev–Trinajstić information content (AvgIpc) is 3.33. The van der Waals surface area contributed by atoms with Crippen molar-refractivity contribution >= 4 is 34.4 Å². The molecule has 0 aliphatic carbocycles. The van der Waals surface area contributed by atoms with Crippen LogP contribution in [0.25, 0.3) is 28.0 Å². The van der Waals surface area contributed by atoms with Crippen LogP contribution in [0.2, 0.25) is 0 Å². The van der Waals surface area contributed by atoms with E-state index in [-0.39, 0.29) is 12.4 Å². The SMILES string of the molecule is Cl.c1ccc2oc(-n3cc(Cn4ccnc4)c4ccccc43)nc2c1. The fourth-order valence-electron chi connectivity index (χ4n) is 3.07. The van der Waals surface area contributed by atoms with Gasteiger partial charge in [-0.05, 0) is 23.8 Å². The Hall–Kier alpha value is -3.05. The number of para-hydroxylation sites is 3. The Labute approximate surface area is 149 Å². The lowest BCUT2D eigenvalue weighted by Gasteiger charge is -1.99. The first-order valence-electron chi connectivity index (χ1n) is 7.79. The van der Waals surface area contributed by atoms with Gasteiger partial charge in [-0.2, -0.15) is 4.98 Å². The first-order valence-corrected chi connectivity index (χ1v) is 7.79. The van der Waals surface area contributed by atoms with Crippen LogP contribution < -0.4 is 0 Å². The molecule has 0 radical (unpaired) electrons. The van der Waals surface area contributed by atoms with Gasteiger partial charge in [-0.3, -0.25) is 4.57 Å². The van der Waals surface area contributed by atoms with Crippen molar-refractivity contribution < 1.29 is 4.42 Å². The zero-order valence-corrected chi connectivity index (χ0v) is 14.1. The minimum absolute atomic E-state index is 0. The van der Waals surface area contributed by atoms with Crippen LogP contribution in [0.1, 0.15) is 5.56 Å². The Balaban J connectivity index is 0.00000157. The van der Waals surface area contributed by atoms with Gasteiger partial charge in [-0.1, -0.05) is 30.3 Å². The van der Waals surface area contributed by atoms with E-state index >= 15 is 0 Å². The second kappa shape index (κ2) is 6.11. The molecule has 0 atom stereocenters. The maximum atomic E-state index is 5.94. The van der Waals surface area contributed by atoms with Crippen LogP contribution in [-0.4, -0.2) is 19.1 Å². The lowest BCUT2D eigenvalue weighted by molar-refractivity contribution is 0.569. The van der Waals surface area contributed by atoms with Crippen LogP contribution in [0.5, 0.6) is 0 Å². The molecule has 2 aromatic carbocycles. The summed E-state index contributed by atoms with van der Waals surface area (Å²) >= 11 is 0. The average molecular weight is 351 g/mol. The van der Waals surface area contributed by atoms with Crippen LogP contribution in [0, 0.1) is 0 Å². The van der Waals surface area contributed by atoms with E-state index in [1.807, 2.05) is 47.4 Å². The van der Waals surface area contributed by atoms with E-state index in [1.54, 1.807) is 6.20 Å². The topological polar surface area (TPSA) is 48.8 Å². The monoisotopic (exact) mass is 350 g/mol. The summed E-state index contributed by atoms with van der Waals surface area (Å²) in [4.78, 5) is 8.74. The number of nitrogens with zero attached hydrogens (tertiary/aromatic N) is 4. The summed E-state index contributed by atoms with van der Waals surface area (Å²) in [5.41, 5.74) is 3.94. The predicted octanol–water partition coefficient (Wildman–Crippen LogP) is 4.44. The van der Waals surface area contributed by atoms with Gasteiger partial charge in [-0.25, -0.2) is 4.98 Å². The number of hydrogen-bond acceptors (Lipinski definition) is 3. The van der Waals surface area contributed by atoms with E-state index in [9.17, 15) is 0 Å². The van der Waals surface area contributed by atoms with Gasteiger partial charge < -0.3 is 8.98 Å². The minimum atomic E-state index is 0. The smallest absolute Gasteiger partial charge is 0.307 e. The number of oxazole rings is 1. The fraction of sp³-hybridized carbons (Fsp3) is 0.0526. The molecule has 0 aliphatic rings. The lowest BCUT2D eigenvalue weighted by Crippen LogP contribution is -1.95. The van der Waals surface area contributed by atoms with E-state index in [1.165, 1.54) is 10.9 Å². The summed E-state index contributed by atoms with van der Waals surface area (Å²) in [6.45, 7) is 0.758. The molecule has 0 saturated carbocycles. The Kier molecular flexibility index (Phi) is 3.78. The fourth-order valence-corrected chi connectivity index (χ4v) is 3.07. The number of halogens is 1. The summed E-state index contributed by atoms with van der Waals surface area (Å²) in [6.07, 6.45) is 7.67. The van der Waals surface area contributed by atoms with Crippen LogP contribution in [-0.2, 0) is 6.54 Å². The molecule has 124 valence electrons. The molecule has 0 spiro atoms. The maximum absolute atomic E-state index is 5.94. The highest BCUT2D eigenvalue weighted by molar-refractivity contribution is 5.86. The number of benzene rings is 2. The van der Waals surface area contributed by atoms with Gasteiger partial charge in [-0.15, -0.1) is 12.4 Å². The first kappa shape index (κ1) is 15.5. The summed E-state index contributed by atoms with van der Waals surface area (Å²) in [5.74, 6) is 0. The quantitative estimate of drug-likeness (QED) is 0.483. The molecule has 6 heteroatoms. The van der Waals surface area contributed by atoms with Crippen molar-refractivity contribution in [3.05, 3.63) is 79.0 Å². The molecule has 0 unspecified atom stereocenters. The molecule has 0 saturated heterocycles. The molecule has 0 fully saturated rings. The summed E-state index contributed by atoms with van der Waals surface area (Å²) in [5, 5.41) is 1.19. The molecule has 5 aromatic rings. The van der Waals surface area contributed by atoms with Crippen LogP contribution in [0.3, 0.4) is 0 Å². The number of aromatic nitrogens is 4.